The summed E-state index contributed by atoms with van der Waals surface area (Å²) in [5, 5.41) is 0.118. The van der Waals surface area contributed by atoms with Gasteiger partial charge in [-0.25, -0.2) is 4.39 Å². The van der Waals surface area contributed by atoms with Crippen molar-refractivity contribution in [2.24, 2.45) is 0 Å². The van der Waals surface area contributed by atoms with E-state index in [0.717, 1.165) is 0 Å². The lowest BCUT2D eigenvalue weighted by molar-refractivity contribution is 0.628. The van der Waals surface area contributed by atoms with Crippen molar-refractivity contribution in [2.45, 2.75) is 0 Å². The van der Waals surface area contributed by atoms with Gasteiger partial charge in [-0.2, -0.15) is 0 Å². The van der Waals surface area contributed by atoms with E-state index in [2.05, 4.69) is 6.07 Å². The van der Waals surface area contributed by atoms with Crippen LogP contribution >= 0.6 is 11.6 Å². The fraction of sp³-hybridized carbons (Fsp3) is 0. The fourth-order valence-corrected chi connectivity index (χ4v) is 0.517. The third kappa shape index (κ3) is 0.984. The van der Waals surface area contributed by atoms with Crippen LogP contribution in [0.5, 0.6) is 0 Å². The molecule has 1 aromatic carbocycles. The maximum Gasteiger partial charge on any atom is 1.00 e. The third-order valence-electron chi connectivity index (χ3n) is 0.764. The quantitative estimate of drug-likeness (QED) is 0.506. The van der Waals surface area contributed by atoms with Gasteiger partial charge in [-0.1, -0.05) is 17.7 Å². The van der Waals surface area contributed by atoms with E-state index >= 15 is 0 Å². The Labute approximate surface area is 53.4 Å². The standard InChI is InChI=1S/C6H3ClF/c7-5-3-1-2-4-6(5)8/h2-4H/p+1. The zero-order valence-electron chi connectivity index (χ0n) is 4.99. The molecule has 0 amide bonds. The number of benzene rings is 1. The lowest BCUT2D eigenvalue weighted by Crippen LogP contribution is -1.70. The van der Waals surface area contributed by atoms with Crippen LogP contribution in [0.1, 0.15) is 1.43 Å². The Hall–Kier alpha value is -0.560. The molecule has 0 aliphatic heterocycles. The Morgan fingerprint density at radius 2 is 2.50 bits per heavy atom. The molecule has 0 fully saturated rings. The molecule has 1 radical (unpaired) electrons. The normalized spacial score (nSPS) is 9.25. The predicted octanol–water partition coefficient (Wildman–Crippen LogP) is 2.39. The monoisotopic (exact) mass is 130 g/mol. The first-order chi connectivity index (χ1) is 3.80. The van der Waals surface area contributed by atoms with E-state index in [-0.39, 0.29) is 6.45 Å². The van der Waals surface area contributed by atoms with Crippen LogP contribution in [-0.4, -0.2) is 0 Å². The fourth-order valence-electron chi connectivity index (χ4n) is 0.391. The van der Waals surface area contributed by atoms with Crippen LogP contribution in [0.15, 0.2) is 18.2 Å². The van der Waals surface area contributed by atoms with Crippen LogP contribution in [0.2, 0.25) is 5.02 Å². The number of hydrogen-bond donors (Lipinski definition) is 0. The molecule has 0 atom stereocenters. The number of rotatable bonds is 0. The van der Waals surface area contributed by atoms with Crippen LogP contribution < -0.4 is 0 Å². The molecule has 0 bridgehead atoms. The largest absolute Gasteiger partial charge is 1.00 e. The molecule has 0 aliphatic carbocycles. The first-order valence-electron chi connectivity index (χ1n) is 2.12. The van der Waals surface area contributed by atoms with Gasteiger partial charge in [0.2, 0.25) is 0 Å². The van der Waals surface area contributed by atoms with Crippen LogP contribution in [-0.2, 0) is 0 Å². The van der Waals surface area contributed by atoms with Crippen molar-refractivity contribution in [3.8, 4) is 0 Å². The van der Waals surface area contributed by atoms with Crippen molar-refractivity contribution < 1.29 is 5.82 Å². The second-order valence-corrected chi connectivity index (χ2v) is 1.75. The van der Waals surface area contributed by atoms with Gasteiger partial charge >= 0.3 is 1.43 Å². The number of halogens is 2. The molecule has 0 spiro atoms. The van der Waals surface area contributed by atoms with Crippen LogP contribution in [0.25, 0.3) is 0 Å². The Morgan fingerprint density at radius 1 is 1.75 bits per heavy atom. The molecule has 1 rings (SSSR count). The molecule has 0 saturated heterocycles. The van der Waals surface area contributed by atoms with Gasteiger partial charge in [0.15, 0.2) is 0 Å². The highest BCUT2D eigenvalue weighted by molar-refractivity contribution is 6.30. The van der Waals surface area contributed by atoms with Crippen molar-refractivity contribution in [3.05, 3.63) is 35.1 Å². The zero-order valence-corrected chi connectivity index (χ0v) is 4.74. The smallest absolute Gasteiger partial charge is 0.205 e. The molecule has 0 nitrogen and oxygen atoms in total. The van der Waals surface area contributed by atoms with E-state index in [1.165, 1.54) is 18.2 Å². The summed E-state index contributed by atoms with van der Waals surface area (Å²) >= 11 is 5.30. The summed E-state index contributed by atoms with van der Waals surface area (Å²) < 4.78 is 12.2. The van der Waals surface area contributed by atoms with Crippen molar-refractivity contribution in [3.63, 3.8) is 0 Å². The second kappa shape index (κ2) is 2.14. The summed E-state index contributed by atoms with van der Waals surface area (Å²) in [6, 6.07) is 6.75. The van der Waals surface area contributed by atoms with Crippen LogP contribution in [0.4, 0.5) is 4.39 Å². The van der Waals surface area contributed by atoms with Gasteiger partial charge in [-0.15, -0.1) is 0 Å². The summed E-state index contributed by atoms with van der Waals surface area (Å²) in [6.07, 6.45) is 0. The van der Waals surface area contributed by atoms with E-state index in [9.17, 15) is 4.39 Å². The van der Waals surface area contributed by atoms with Crippen molar-refractivity contribution >= 4 is 11.6 Å². The predicted molar refractivity (Wildman–Crippen MR) is 31.4 cm³/mol. The van der Waals surface area contributed by atoms with Gasteiger partial charge in [-0.3, -0.25) is 0 Å². The van der Waals surface area contributed by atoms with Gasteiger partial charge in [0.25, 0.3) is 0 Å². The Morgan fingerprint density at radius 3 is 2.88 bits per heavy atom. The van der Waals surface area contributed by atoms with E-state index in [0.29, 0.717) is 0 Å². The maximum absolute atomic E-state index is 12.2. The van der Waals surface area contributed by atoms with E-state index in [4.69, 9.17) is 11.6 Å². The first-order valence-corrected chi connectivity index (χ1v) is 2.49. The molecule has 2 heteroatoms. The lowest BCUT2D eigenvalue weighted by Gasteiger charge is -1.86. The molecule has 0 aromatic heterocycles. The maximum atomic E-state index is 12.2. The Kier molecular flexibility index (Phi) is 1.49. The van der Waals surface area contributed by atoms with Gasteiger partial charge in [0, 0.05) is 0 Å². The van der Waals surface area contributed by atoms with Crippen molar-refractivity contribution in [1.29, 1.82) is 0 Å². The molecule has 0 aliphatic rings. The molecule has 0 heterocycles. The molecule has 41 valence electrons. The molecule has 8 heavy (non-hydrogen) atoms. The first kappa shape index (κ1) is 5.57. The summed E-state index contributed by atoms with van der Waals surface area (Å²) in [5.41, 5.74) is 0. The molecule has 0 N–H and O–H groups in total. The Balaban J connectivity index is 0.000000640. The summed E-state index contributed by atoms with van der Waals surface area (Å²) in [7, 11) is 0. The van der Waals surface area contributed by atoms with E-state index < -0.39 is 5.82 Å². The highest BCUT2D eigenvalue weighted by atomic mass is 35.5. The minimum absolute atomic E-state index is 0. The number of hydrogen-bond acceptors (Lipinski definition) is 0. The van der Waals surface area contributed by atoms with E-state index in [1.807, 2.05) is 0 Å². The SMILES string of the molecule is Fc1cc[c]cc1Cl.[H+]. The minimum atomic E-state index is -0.398. The highest BCUT2D eigenvalue weighted by Crippen LogP contribution is 2.10. The average Bonchev–Trinajstić information content (AvgIpc) is 1.77. The van der Waals surface area contributed by atoms with Gasteiger partial charge in [0.05, 0.1) is 5.02 Å². The van der Waals surface area contributed by atoms with Gasteiger partial charge in [0.1, 0.15) is 5.82 Å². The lowest BCUT2D eigenvalue weighted by atomic mass is 10.4. The topological polar surface area (TPSA) is 0 Å². The van der Waals surface area contributed by atoms with Crippen molar-refractivity contribution in [2.75, 3.05) is 0 Å². The van der Waals surface area contributed by atoms with Crippen LogP contribution in [0.3, 0.4) is 0 Å². The zero-order chi connectivity index (χ0) is 5.98. The van der Waals surface area contributed by atoms with Gasteiger partial charge in [-0.05, 0) is 18.2 Å². The summed E-state index contributed by atoms with van der Waals surface area (Å²) in [6.45, 7) is 0. The van der Waals surface area contributed by atoms with Gasteiger partial charge < -0.3 is 0 Å². The molecular formula is C6H4ClF+. The molecule has 0 saturated carbocycles. The average molecular weight is 131 g/mol. The molecular weight excluding hydrogens is 127 g/mol. The minimum Gasteiger partial charge on any atom is -0.205 e. The summed E-state index contributed by atoms with van der Waals surface area (Å²) in [5.74, 6) is -0.398. The second-order valence-electron chi connectivity index (χ2n) is 1.34. The third-order valence-corrected chi connectivity index (χ3v) is 1.05. The highest BCUT2D eigenvalue weighted by Gasteiger charge is 1.91. The summed E-state index contributed by atoms with van der Waals surface area (Å²) in [4.78, 5) is 0. The van der Waals surface area contributed by atoms with Crippen molar-refractivity contribution in [1.82, 2.24) is 0 Å². The van der Waals surface area contributed by atoms with E-state index in [1.54, 1.807) is 0 Å². The molecule has 0 unspecified atom stereocenters. The molecule has 1 aromatic rings. The Bertz CT molecular complexity index is 169. The van der Waals surface area contributed by atoms with Crippen LogP contribution in [0, 0.1) is 11.9 Å².